The first-order valence-electron chi connectivity index (χ1n) is 9.10. The van der Waals surface area contributed by atoms with E-state index in [-0.39, 0.29) is 11.8 Å². The van der Waals surface area contributed by atoms with Gasteiger partial charge in [-0.25, -0.2) is 4.98 Å². The van der Waals surface area contributed by atoms with Crippen LogP contribution in [-0.2, 0) is 4.79 Å². The molecule has 5 rings (SSSR count). The number of fused-ring (bicyclic) bond motifs is 1. The lowest BCUT2D eigenvalue weighted by molar-refractivity contribution is -0.133. The minimum atomic E-state index is 0.150. The highest BCUT2D eigenvalue weighted by Gasteiger charge is 2.46. The van der Waals surface area contributed by atoms with Crippen molar-refractivity contribution in [1.82, 2.24) is 14.9 Å². The maximum absolute atomic E-state index is 12.8. The summed E-state index contributed by atoms with van der Waals surface area (Å²) in [5, 5.41) is 0. The molecule has 0 unspecified atom stereocenters. The third-order valence-electron chi connectivity index (χ3n) is 5.35. The van der Waals surface area contributed by atoms with Gasteiger partial charge in [-0.2, -0.15) is 4.98 Å². The third kappa shape index (κ3) is 2.71. The summed E-state index contributed by atoms with van der Waals surface area (Å²) < 4.78 is 5.79. The Labute approximate surface area is 151 Å². The number of pyridine rings is 1. The first-order valence-corrected chi connectivity index (χ1v) is 9.10. The van der Waals surface area contributed by atoms with Crippen LogP contribution in [0.25, 0.3) is 11.2 Å². The van der Waals surface area contributed by atoms with Crippen molar-refractivity contribution in [2.45, 2.75) is 12.3 Å². The minimum absolute atomic E-state index is 0.150. The van der Waals surface area contributed by atoms with Crippen molar-refractivity contribution in [2.24, 2.45) is 5.92 Å². The molecule has 1 saturated carbocycles. The Bertz CT molecular complexity index is 898. The SMILES string of the molecule is O=C([C@@H]1C[C@@H]1c1ccccc1)N1CCN(c2nc3ncccc3o2)CC1. The highest BCUT2D eigenvalue weighted by molar-refractivity contribution is 5.83. The molecule has 1 aliphatic heterocycles. The molecule has 26 heavy (non-hydrogen) atoms. The normalized spacial score (nSPS) is 22.6. The molecule has 0 bridgehead atoms. The fraction of sp³-hybridized carbons (Fsp3) is 0.350. The van der Waals surface area contributed by atoms with Gasteiger partial charge in [-0.1, -0.05) is 30.3 Å². The zero-order valence-corrected chi connectivity index (χ0v) is 14.4. The van der Waals surface area contributed by atoms with Crippen LogP contribution in [0.5, 0.6) is 0 Å². The standard InChI is InChI=1S/C20H20N4O2/c25-19(16-13-15(16)14-5-2-1-3-6-14)23-9-11-24(12-10-23)20-22-18-17(26-20)7-4-8-21-18/h1-8,15-16H,9-13H2/t15-,16-/m1/s1. The van der Waals surface area contributed by atoms with Gasteiger partial charge >= 0.3 is 0 Å². The smallest absolute Gasteiger partial charge is 0.300 e. The summed E-state index contributed by atoms with van der Waals surface area (Å²) in [7, 11) is 0. The van der Waals surface area contributed by atoms with Crippen LogP contribution in [0.2, 0.25) is 0 Å². The topological polar surface area (TPSA) is 62.5 Å². The number of rotatable bonds is 3. The van der Waals surface area contributed by atoms with E-state index in [0.717, 1.165) is 19.5 Å². The Hall–Kier alpha value is -2.89. The zero-order valence-electron chi connectivity index (χ0n) is 14.4. The van der Waals surface area contributed by atoms with E-state index in [1.54, 1.807) is 6.20 Å². The van der Waals surface area contributed by atoms with Gasteiger partial charge in [0.15, 0.2) is 5.58 Å². The number of aromatic nitrogens is 2. The molecule has 2 aromatic heterocycles. The average molecular weight is 348 g/mol. The number of piperazine rings is 1. The molecule has 2 fully saturated rings. The van der Waals surface area contributed by atoms with E-state index in [4.69, 9.17) is 4.42 Å². The van der Waals surface area contributed by atoms with E-state index in [9.17, 15) is 4.79 Å². The van der Waals surface area contributed by atoms with Crippen LogP contribution in [0.3, 0.4) is 0 Å². The minimum Gasteiger partial charge on any atom is -0.422 e. The maximum atomic E-state index is 12.8. The second-order valence-corrected chi connectivity index (χ2v) is 6.99. The molecule has 3 heterocycles. The fourth-order valence-electron chi connectivity index (χ4n) is 3.78. The third-order valence-corrected chi connectivity index (χ3v) is 5.35. The van der Waals surface area contributed by atoms with Crippen LogP contribution in [-0.4, -0.2) is 47.0 Å². The molecule has 2 atom stereocenters. The van der Waals surface area contributed by atoms with E-state index in [0.29, 0.717) is 36.3 Å². The van der Waals surface area contributed by atoms with Crippen molar-refractivity contribution in [3.63, 3.8) is 0 Å². The molecule has 3 aromatic rings. The summed E-state index contributed by atoms with van der Waals surface area (Å²) in [4.78, 5) is 25.5. The van der Waals surface area contributed by atoms with Gasteiger partial charge in [0.25, 0.3) is 6.01 Å². The average Bonchev–Trinajstić information content (AvgIpc) is 3.39. The number of carbonyl (C=O) groups is 1. The monoisotopic (exact) mass is 348 g/mol. The van der Waals surface area contributed by atoms with E-state index < -0.39 is 0 Å². The van der Waals surface area contributed by atoms with Crippen LogP contribution in [0.1, 0.15) is 17.9 Å². The molecule has 1 aliphatic carbocycles. The van der Waals surface area contributed by atoms with E-state index in [2.05, 4.69) is 27.0 Å². The predicted molar refractivity (Wildman–Crippen MR) is 97.9 cm³/mol. The number of benzene rings is 1. The van der Waals surface area contributed by atoms with Gasteiger partial charge in [0, 0.05) is 38.3 Å². The summed E-state index contributed by atoms with van der Waals surface area (Å²) >= 11 is 0. The molecule has 2 aliphatic rings. The van der Waals surface area contributed by atoms with Crippen molar-refractivity contribution in [2.75, 3.05) is 31.1 Å². The predicted octanol–water partition coefficient (Wildman–Crippen LogP) is 2.68. The Morgan fingerprint density at radius 1 is 1.04 bits per heavy atom. The van der Waals surface area contributed by atoms with E-state index in [1.807, 2.05) is 35.2 Å². The van der Waals surface area contributed by atoms with E-state index in [1.165, 1.54) is 5.56 Å². The van der Waals surface area contributed by atoms with Gasteiger partial charge in [0.05, 0.1) is 0 Å². The van der Waals surface area contributed by atoms with Crippen LogP contribution in [0.15, 0.2) is 53.1 Å². The van der Waals surface area contributed by atoms with Crippen LogP contribution in [0.4, 0.5) is 6.01 Å². The summed E-state index contributed by atoms with van der Waals surface area (Å²) in [5.41, 5.74) is 2.61. The summed E-state index contributed by atoms with van der Waals surface area (Å²) in [5.74, 6) is 0.833. The number of amides is 1. The quantitative estimate of drug-likeness (QED) is 0.728. The fourth-order valence-corrected chi connectivity index (χ4v) is 3.78. The molecule has 0 spiro atoms. The maximum Gasteiger partial charge on any atom is 0.300 e. The molecule has 0 N–H and O–H groups in total. The highest BCUT2D eigenvalue weighted by Crippen LogP contribution is 2.48. The molecule has 0 radical (unpaired) electrons. The Morgan fingerprint density at radius 2 is 1.85 bits per heavy atom. The van der Waals surface area contributed by atoms with Gasteiger partial charge < -0.3 is 14.2 Å². The number of nitrogens with zero attached hydrogens (tertiary/aromatic N) is 4. The summed E-state index contributed by atoms with van der Waals surface area (Å²) in [6, 6.07) is 14.7. The zero-order chi connectivity index (χ0) is 17.5. The number of hydrogen-bond donors (Lipinski definition) is 0. The molecule has 132 valence electrons. The van der Waals surface area contributed by atoms with Crippen molar-refractivity contribution < 1.29 is 9.21 Å². The lowest BCUT2D eigenvalue weighted by Crippen LogP contribution is -2.49. The number of anilines is 1. The highest BCUT2D eigenvalue weighted by atomic mass is 16.4. The second kappa shape index (κ2) is 6.12. The molecule has 6 heteroatoms. The van der Waals surface area contributed by atoms with Crippen molar-refractivity contribution in [1.29, 1.82) is 0 Å². The molecular formula is C20H20N4O2. The van der Waals surface area contributed by atoms with Gasteiger partial charge in [-0.05, 0) is 30.0 Å². The van der Waals surface area contributed by atoms with Gasteiger partial charge in [0.2, 0.25) is 11.6 Å². The molecule has 1 saturated heterocycles. The van der Waals surface area contributed by atoms with Crippen molar-refractivity contribution >= 4 is 23.2 Å². The molecule has 1 amide bonds. The molecular weight excluding hydrogens is 328 g/mol. The number of hydrogen-bond acceptors (Lipinski definition) is 5. The number of carbonyl (C=O) groups excluding carboxylic acids is 1. The molecule has 6 nitrogen and oxygen atoms in total. The summed E-state index contributed by atoms with van der Waals surface area (Å²) in [6.45, 7) is 2.90. The summed E-state index contributed by atoms with van der Waals surface area (Å²) in [6.07, 6.45) is 2.68. The van der Waals surface area contributed by atoms with Crippen molar-refractivity contribution in [3.05, 3.63) is 54.2 Å². The lowest BCUT2D eigenvalue weighted by Gasteiger charge is -2.34. The first kappa shape index (κ1) is 15.4. The van der Waals surface area contributed by atoms with Crippen molar-refractivity contribution in [3.8, 4) is 0 Å². The van der Waals surface area contributed by atoms with Gasteiger partial charge in [-0.3, -0.25) is 4.79 Å². The van der Waals surface area contributed by atoms with Crippen LogP contribution < -0.4 is 4.90 Å². The van der Waals surface area contributed by atoms with Gasteiger partial charge in [-0.15, -0.1) is 0 Å². The van der Waals surface area contributed by atoms with Crippen LogP contribution in [0, 0.1) is 5.92 Å². The largest absolute Gasteiger partial charge is 0.422 e. The Morgan fingerprint density at radius 3 is 2.62 bits per heavy atom. The Kier molecular flexibility index (Phi) is 3.62. The molecule has 1 aromatic carbocycles. The van der Waals surface area contributed by atoms with E-state index >= 15 is 0 Å². The lowest BCUT2D eigenvalue weighted by atomic mass is 10.1. The number of oxazole rings is 1. The van der Waals surface area contributed by atoms with Gasteiger partial charge in [0.1, 0.15) is 0 Å². The van der Waals surface area contributed by atoms with Crippen LogP contribution >= 0.6 is 0 Å². The first-order chi connectivity index (χ1) is 12.8. The second-order valence-electron chi connectivity index (χ2n) is 6.99. The Balaban J connectivity index is 1.21.